The molecule has 3 rings (SSSR count). The van der Waals surface area contributed by atoms with Crippen LogP contribution in [0.1, 0.15) is 23.1 Å². The van der Waals surface area contributed by atoms with E-state index in [1.54, 1.807) is 12.1 Å². The number of benzene rings is 2. The van der Waals surface area contributed by atoms with Crippen molar-refractivity contribution in [2.24, 2.45) is 0 Å². The van der Waals surface area contributed by atoms with Crippen LogP contribution in [0.15, 0.2) is 39.5 Å². The van der Waals surface area contributed by atoms with E-state index in [-0.39, 0.29) is 18.7 Å². The fourth-order valence-corrected chi connectivity index (χ4v) is 3.39. The molecule has 1 amide bonds. The fraction of sp³-hybridized carbons (Fsp3) is 0.273. The summed E-state index contributed by atoms with van der Waals surface area (Å²) in [6.07, 6.45) is 0.363. The maximum atomic E-state index is 12.4. The Labute approximate surface area is 173 Å². The number of halogens is 1. The number of fused-ring (bicyclic) bond motifs is 1. The molecule has 0 radical (unpaired) electrons. The van der Waals surface area contributed by atoms with Gasteiger partial charge >= 0.3 is 5.63 Å². The first-order chi connectivity index (χ1) is 13.8. The summed E-state index contributed by atoms with van der Waals surface area (Å²) in [7, 11) is 3.01. The van der Waals surface area contributed by atoms with E-state index in [0.717, 1.165) is 16.5 Å². The monoisotopic (exact) mass is 415 g/mol. The van der Waals surface area contributed by atoms with Crippen LogP contribution in [0, 0.1) is 13.8 Å². The zero-order valence-corrected chi connectivity index (χ0v) is 17.5. The van der Waals surface area contributed by atoms with E-state index in [2.05, 4.69) is 5.32 Å². The van der Waals surface area contributed by atoms with Gasteiger partial charge in [0.05, 0.1) is 24.9 Å². The van der Waals surface area contributed by atoms with Crippen LogP contribution in [0.2, 0.25) is 5.02 Å². The number of methoxy groups -OCH3 is 2. The molecule has 1 heterocycles. The molecule has 0 atom stereocenters. The van der Waals surface area contributed by atoms with Crippen molar-refractivity contribution >= 4 is 34.2 Å². The fourth-order valence-electron chi connectivity index (χ4n) is 3.19. The number of hydrogen-bond acceptors (Lipinski definition) is 5. The average Bonchev–Trinajstić information content (AvgIpc) is 2.68. The molecule has 0 aliphatic rings. The van der Waals surface area contributed by atoms with Gasteiger partial charge in [-0.15, -0.1) is 0 Å². The largest absolute Gasteiger partial charge is 0.493 e. The number of carbonyl (C=O) groups is 1. The summed E-state index contributed by atoms with van der Waals surface area (Å²) in [5.74, 6) is 0.644. The molecule has 3 aromatic rings. The van der Waals surface area contributed by atoms with Gasteiger partial charge in [0.25, 0.3) is 0 Å². The summed E-state index contributed by atoms with van der Waals surface area (Å²) in [6.45, 7) is 3.80. The maximum Gasteiger partial charge on any atom is 0.339 e. The number of ether oxygens (including phenoxy) is 2. The Morgan fingerprint density at radius 2 is 1.79 bits per heavy atom. The molecule has 0 spiro atoms. The van der Waals surface area contributed by atoms with E-state index in [4.69, 9.17) is 25.5 Å². The summed E-state index contributed by atoms with van der Waals surface area (Å²) < 4.78 is 15.9. The van der Waals surface area contributed by atoms with Gasteiger partial charge in [-0.1, -0.05) is 23.7 Å². The van der Waals surface area contributed by atoms with Crippen LogP contribution >= 0.6 is 11.6 Å². The third-order valence-electron chi connectivity index (χ3n) is 4.79. The molecule has 7 heteroatoms. The van der Waals surface area contributed by atoms with Gasteiger partial charge < -0.3 is 19.2 Å². The third kappa shape index (κ3) is 4.38. The Kier molecular flexibility index (Phi) is 6.13. The molecule has 0 fully saturated rings. The van der Waals surface area contributed by atoms with Crippen molar-refractivity contribution in [2.75, 3.05) is 19.5 Å². The van der Waals surface area contributed by atoms with E-state index in [1.165, 1.54) is 14.2 Å². The van der Waals surface area contributed by atoms with Crippen LogP contribution in [0.5, 0.6) is 11.5 Å². The summed E-state index contributed by atoms with van der Waals surface area (Å²) in [6, 6.07) is 8.89. The lowest BCUT2D eigenvalue weighted by Gasteiger charge is -2.13. The predicted octanol–water partition coefficient (Wildman–Crippen LogP) is 4.65. The lowest BCUT2D eigenvalue weighted by Crippen LogP contribution is -2.17. The van der Waals surface area contributed by atoms with Gasteiger partial charge in [-0.05, 0) is 37.5 Å². The minimum absolute atomic E-state index is 0.105. The van der Waals surface area contributed by atoms with Crippen LogP contribution in [-0.2, 0) is 11.2 Å². The van der Waals surface area contributed by atoms with Crippen LogP contribution < -0.4 is 20.4 Å². The van der Waals surface area contributed by atoms with Gasteiger partial charge in [0.1, 0.15) is 5.58 Å². The molecular formula is C22H22ClNO5. The van der Waals surface area contributed by atoms with Crippen molar-refractivity contribution in [1.82, 2.24) is 0 Å². The number of anilines is 1. The smallest absolute Gasteiger partial charge is 0.339 e. The first-order valence-corrected chi connectivity index (χ1v) is 9.46. The first-order valence-electron chi connectivity index (χ1n) is 9.08. The predicted molar refractivity (Wildman–Crippen MR) is 113 cm³/mol. The second kappa shape index (κ2) is 8.57. The minimum atomic E-state index is -0.419. The molecule has 0 aliphatic heterocycles. The van der Waals surface area contributed by atoms with Gasteiger partial charge in [0, 0.05) is 29.5 Å². The maximum absolute atomic E-state index is 12.4. The summed E-state index contributed by atoms with van der Waals surface area (Å²) in [5, 5.41) is 3.95. The van der Waals surface area contributed by atoms with E-state index in [9.17, 15) is 9.59 Å². The zero-order valence-electron chi connectivity index (χ0n) is 16.7. The number of rotatable bonds is 6. The summed E-state index contributed by atoms with van der Waals surface area (Å²) >= 11 is 6.21. The Hall–Kier alpha value is -2.99. The molecule has 0 unspecified atom stereocenters. The first kappa shape index (κ1) is 20.7. The molecule has 0 bridgehead atoms. The van der Waals surface area contributed by atoms with Crippen molar-refractivity contribution < 1.29 is 18.7 Å². The van der Waals surface area contributed by atoms with E-state index in [0.29, 0.717) is 33.4 Å². The molecule has 1 aromatic heterocycles. The van der Waals surface area contributed by atoms with Crippen LogP contribution in [-0.4, -0.2) is 20.1 Å². The molecule has 152 valence electrons. The van der Waals surface area contributed by atoms with Gasteiger partial charge in [-0.2, -0.15) is 0 Å². The van der Waals surface area contributed by atoms with Crippen molar-refractivity contribution in [2.45, 2.75) is 26.7 Å². The van der Waals surface area contributed by atoms with Crippen molar-refractivity contribution in [3.05, 3.63) is 62.5 Å². The highest BCUT2D eigenvalue weighted by Crippen LogP contribution is 2.36. The van der Waals surface area contributed by atoms with Gasteiger partial charge in [0.15, 0.2) is 11.5 Å². The SMILES string of the molecule is COc1cc(Cl)c(NC(=O)CCc2c(C)c3ccc(C)cc3oc2=O)cc1OC. The van der Waals surface area contributed by atoms with E-state index >= 15 is 0 Å². The standard InChI is InChI=1S/C22H22ClNO5/c1-12-5-6-14-13(2)15(22(26)29-18(14)9-12)7-8-21(25)24-17-11-20(28-4)19(27-3)10-16(17)23/h5-6,9-11H,7-8H2,1-4H3,(H,24,25). The van der Waals surface area contributed by atoms with Gasteiger partial charge in [-0.3, -0.25) is 4.79 Å². The molecule has 2 aromatic carbocycles. The molecule has 6 nitrogen and oxygen atoms in total. The topological polar surface area (TPSA) is 77.8 Å². The number of nitrogens with one attached hydrogen (secondary N) is 1. The Bertz CT molecular complexity index is 1140. The molecule has 0 aliphatic carbocycles. The zero-order chi connectivity index (χ0) is 21.1. The van der Waals surface area contributed by atoms with Crippen molar-refractivity contribution in [3.63, 3.8) is 0 Å². The second-order valence-electron chi connectivity index (χ2n) is 6.73. The van der Waals surface area contributed by atoms with Gasteiger partial charge in [0.2, 0.25) is 5.91 Å². The van der Waals surface area contributed by atoms with E-state index in [1.807, 2.05) is 32.0 Å². The number of aryl methyl sites for hydroxylation is 2. The van der Waals surface area contributed by atoms with E-state index < -0.39 is 5.63 Å². The highest BCUT2D eigenvalue weighted by molar-refractivity contribution is 6.34. The Morgan fingerprint density at radius 3 is 2.48 bits per heavy atom. The van der Waals surface area contributed by atoms with Gasteiger partial charge in [-0.25, -0.2) is 4.79 Å². The third-order valence-corrected chi connectivity index (χ3v) is 5.10. The highest BCUT2D eigenvalue weighted by Gasteiger charge is 2.15. The Morgan fingerprint density at radius 1 is 1.10 bits per heavy atom. The Balaban J connectivity index is 1.78. The quantitative estimate of drug-likeness (QED) is 0.593. The summed E-state index contributed by atoms with van der Waals surface area (Å²) in [5.41, 5.74) is 2.88. The summed E-state index contributed by atoms with van der Waals surface area (Å²) in [4.78, 5) is 24.8. The van der Waals surface area contributed by atoms with Crippen molar-refractivity contribution in [3.8, 4) is 11.5 Å². The van der Waals surface area contributed by atoms with Crippen LogP contribution in [0.25, 0.3) is 11.0 Å². The molecule has 0 saturated heterocycles. The highest BCUT2D eigenvalue weighted by atomic mass is 35.5. The minimum Gasteiger partial charge on any atom is -0.493 e. The number of hydrogen-bond donors (Lipinski definition) is 1. The number of amides is 1. The number of carbonyl (C=O) groups excluding carboxylic acids is 1. The molecular weight excluding hydrogens is 394 g/mol. The lowest BCUT2D eigenvalue weighted by molar-refractivity contribution is -0.116. The van der Waals surface area contributed by atoms with Crippen molar-refractivity contribution in [1.29, 1.82) is 0 Å². The van der Waals surface area contributed by atoms with Crippen LogP contribution in [0.3, 0.4) is 0 Å². The molecule has 29 heavy (non-hydrogen) atoms. The second-order valence-corrected chi connectivity index (χ2v) is 7.14. The lowest BCUT2D eigenvalue weighted by atomic mass is 10.0. The average molecular weight is 416 g/mol. The molecule has 0 saturated carbocycles. The normalized spacial score (nSPS) is 10.8. The van der Waals surface area contributed by atoms with Crippen LogP contribution in [0.4, 0.5) is 5.69 Å². The molecule has 1 N–H and O–H groups in total.